The van der Waals surface area contributed by atoms with Crippen LogP contribution >= 0.6 is 0 Å². The number of imidazole rings is 1. The summed E-state index contributed by atoms with van der Waals surface area (Å²) in [6.45, 7) is 1.89. The number of hydrogen-bond donors (Lipinski definition) is 3. The van der Waals surface area contributed by atoms with E-state index >= 15 is 0 Å². The maximum Gasteiger partial charge on any atom is 0.243 e. The van der Waals surface area contributed by atoms with Crippen LogP contribution in [0.1, 0.15) is 32.6 Å². The lowest BCUT2D eigenvalue weighted by molar-refractivity contribution is 0.0195. The lowest BCUT2D eigenvalue weighted by Crippen LogP contribution is -2.36. The molecule has 5 rings (SSSR count). The number of aromatic nitrogens is 6. The molecule has 1 aliphatic carbocycles. The van der Waals surface area contributed by atoms with Crippen molar-refractivity contribution in [1.29, 1.82) is 0 Å². The Morgan fingerprint density at radius 3 is 2.79 bits per heavy atom. The van der Waals surface area contributed by atoms with Gasteiger partial charge in [-0.05, 0) is 50.8 Å². The largest absolute Gasteiger partial charge is 0.390 e. The molecular formula is C19H22N8O. The molecule has 4 aromatic rings. The third kappa shape index (κ3) is 2.93. The molecule has 0 aliphatic heterocycles. The van der Waals surface area contributed by atoms with E-state index in [1.54, 1.807) is 21.4 Å². The standard InChI is InChI=1S/C19H22N8O/c1-19(28)7-4-12(5-8-19)22-18-23-17(20)16-13(6-10-27(16)25-18)14-2-3-15-21-9-11-26(15)24-14/h2-3,6,9-12,28H,4-5,7-8H2,1H3,(H3,20,22,23,25). The minimum atomic E-state index is -0.569. The highest BCUT2D eigenvalue weighted by molar-refractivity contribution is 5.86. The predicted molar refractivity (Wildman–Crippen MR) is 106 cm³/mol. The third-order valence-electron chi connectivity index (χ3n) is 5.47. The fourth-order valence-electron chi connectivity index (χ4n) is 3.85. The Hall–Kier alpha value is -3.20. The fraction of sp³-hybridized carbons (Fsp3) is 0.368. The molecule has 28 heavy (non-hydrogen) atoms. The van der Waals surface area contributed by atoms with Crippen LogP contribution in [0.3, 0.4) is 0 Å². The fourth-order valence-corrected chi connectivity index (χ4v) is 3.85. The summed E-state index contributed by atoms with van der Waals surface area (Å²) in [6.07, 6.45) is 8.65. The number of nitrogen functional groups attached to an aromatic ring is 1. The predicted octanol–water partition coefficient (Wildman–Crippen LogP) is 2.13. The first-order chi connectivity index (χ1) is 13.5. The summed E-state index contributed by atoms with van der Waals surface area (Å²) in [7, 11) is 0. The van der Waals surface area contributed by atoms with Gasteiger partial charge in [0.1, 0.15) is 5.52 Å². The van der Waals surface area contributed by atoms with Crippen molar-refractivity contribution in [3.05, 3.63) is 36.8 Å². The first-order valence-electron chi connectivity index (χ1n) is 9.43. The van der Waals surface area contributed by atoms with Gasteiger partial charge in [-0.25, -0.2) is 14.0 Å². The Balaban J connectivity index is 1.46. The van der Waals surface area contributed by atoms with E-state index in [4.69, 9.17) is 5.73 Å². The second-order valence-corrected chi connectivity index (χ2v) is 7.71. The van der Waals surface area contributed by atoms with Gasteiger partial charge in [0.2, 0.25) is 5.95 Å². The zero-order valence-corrected chi connectivity index (χ0v) is 15.6. The molecule has 0 unspecified atom stereocenters. The lowest BCUT2D eigenvalue weighted by Gasteiger charge is -2.33. The van der Waals surface area contributed by atoms with Gasteiger partial charge in [-0.2, -0.15) is 10.1 Å². The van der Waals surface area contributed by atoms with Gasteiger partial charge in [0.25, 0.3) is 0 Å². The summed E-state index contributed by atoms with van der Waals surface area (Å²) in [5.74, 6) is 0.893. The number of aliphatic hydroxyl groups is 1. The normalized spacial score (nSPS) is 22.7. The van der Waals surface area contributed by atoms with Crippen molar-refractivity contribution in [3.8, 4) is 11.3 Å². The first kappa shape index (κ1) is 16.9. The molecule has 0 amide bonds. The number of fused-ring (bicyclic) bond motifs is 2. The molecule has 9 heteroatoms. The number of anilines is 2. The smallest absolute Gasteiger partial charge is 0.243 e. The highest BCUT2D eigenvalue weighted by Crippen LogP contribution is 2.30. The number of nitrogens with zero attached hydrogens (tertiary/aromatic N) is 6. The molecule has 1 aliphatic rings. The van der Waals surface area contributed by atoms with E-state index in [1.807, 2.05) is 31.3 Å². The van der Waals surface area contributed by atoms with Crippen LogP contribution < -0.4 is 11.1 Å². The van der Waals surface area contributed by atoms with Crippen molar-refractivity contribution in [2.45, 2.75) is 44.2 Å². The highest BCUT2D eigenvalue weighted by Gasteiger charge is 2.29. The molecule has 1 fully saturated rings. The van der Waals surface area contributed by atoms with E-state index in [2.05, 4.69) is 25.5 Å². The topological polar surface area (TPSA) is 119 Å². The van der Waals surface area contributed by atoms with Crippen LogP contribution in [0.25, 0.3) is 22.4 Å². The van der Waals surface area contributed by atoms with Crippen LogP contribution in [-0.2, 0) is 0 Å². The Bertz CT molecular complexity index is 1150. The molecule has 4 aromatic heterocycles. The van der Waals surface area contributed by atoms with Gasteiger partial charge in [-0.15, -0.1) is 5.10 Å². The highest BCUT2D eigenvalue weighted by atomic mass is 16.3. The van der Waals surface area contributed by atoms with Crippen molar-refractivity contribution in [1.82, 2.24) is 29.2 Å². The summed E-state index contributed by atoms with van der Waals surface area (Å²) in [4.78, 5) is 8.69. The minimum Gasteiger partial charge on any atom is -0.390 e. The van der Waals surface area contributed by atoms with Crippen LogP contribution in [-0.4, -0.2) is 45.9 Å². The molecule has 0 saturated heterocycles. The van der Waals surface area contributed by atoms with Crippen LogP contribution in [0.15, 0.2) is 36.8 Å². The van der Waals surface area contributed by atoms with Crippen molar-refractivity contribution in [3.63, 3.8) is 0 Å². The molecule has 0 spiro atoms. The number of rotatable bonds is 3. The van der Waals surface area contributed by atoms with Crippen molar-refractivity contribution in [2.24, 2.45) is 0 Å². The molecule has 9 nitrogen and oxygen atoms in total. The van der Waals surface area contributed by atoms with E-state index in [0.717, 1.165) is 48.1 Å². The summed E-state index contributed by atoms with van der Waals surface area (Å²) in [5, 5.41) is 22.6. The SMILES string of the molecule is CC1(O)CCC(Nc2nc(N)c3c(-c4ccc5nccn5n4)ccn3n2)CC1. The van der Waals surface area contributed by atoms with Gasteiger partial charge in [0.15, 0.2) is 11.5 Å². The van der Waals surface area contributed by atoms with Crippen molar-refractivity contribution >= 4 is 22.9 Å². The Kier molecular flexibility index (Phi) is 3.73. The molecule has 144 valence electrons. The molecule has 0 bridgehead atoms. The molecular weight excluding hydrogens is 356 g/mol. The van der Waals surface area contributed by atoms with Gasteiger partial charge < -0.3 is 16.2 Å². The average molecular weight is 378 g/mol. The first-order valence-corrected chi connectivity index (χ1v) is 9.43. The summed E-state index contributed by atoms with van der Waals surface area (Å²) in [5.41, 5.74) is 8.87. The second kappa shape index (κ2) is 6.16. The lowest BCUT2D eigenvalue weighted by atomic mass is 9.84. The molecule has 0 atom stereocenters. The summed E-state index contributed by atoms with van der Waals surface area (Å²) in [6, 6.07) is 6.00. The Labute approximate surface area is 161 Å². The van der Waals surface area contributed by atoms with E-state index in [1.165, 1.54) is 0 Å². The number of hydrogen-bond acceptors (Lipinski definition) is 7. The quantitative estimate of drug-likeness (QED) is 0.500. The Morgan fingerprint density at radius 2 is 1.96 bits per heavy atom. The Morgan fingerprint density at radius 1 is 1.14 bits per heavy atom. The molecule has 4 heterocycles. The monoisotopic (exact) mass is 378 g/mol. The van der Waals surface area contributed by atoms with Gasteiger partial charge in [0.05, 0.1) is 11.3 Å². The molecule has 0 radical (unpaired) electrons. The maximum atomic E-state index is 10.1. The number of nitrogens with one attached hydrogen (secondary N) is 1. The zero-order valence-electron chi connectivity index (χ0n) is 15.6. The number of nitrogens with two attached hydrogens (primary N) is 1. The van der Waals surface area contributed by atoms with Crippen LogP contribution in [0.4, 0.5) is 11.8 Å². The van der Waals surface area contributed by atoms with E-state index < -0.39 is 5.60 Å². The van der Waals surface area contributed by atoms with E-state index in [-0.39, 0.29) is 6.04 Å². The van der Waals surface area contributed by atoms with E-state index in [0.29, 0.717) is 11.8 Å². The molecule has 4 N–H and O–H groups in total. The minimum absolute atomic E-state index is 0.234. The average Bonchev–Trinajstić information content (AvgIpc) is 3.29. The third-order valence-corrected chi connectivity index (χ3v) is 5.47. The van der Waals surface area contributed by atoms with Crippen LogP contribution in [0.5, 0.6) is 0 Å². The van der Waals surface area contributed by atoms with Gasteiger partial charge in [0, 0.05) is 30.2 Å². The summed E-state index contributed by atoms with van der Waals surface area (Å²) < 4.78 is 3.46. The van der Waals surface area contributed by atoms with Gasteiger partial charge in [-0.1, -0.05) is 0 Å². The molecule has 0 aromatic carbocycles. The molecule has 1 saturated carbocycles. The van der Waals surface area contributed by atoms with Crippen LogP contribution in [0.2, 0.25) is 0 Å². The van der Waals surface area contributed by atoms with Crippen LogP contribution in [0, 0.1) is 0 Å². The van der Waals surface area contributed by atoms with Gasteiger partial charge >= 0.3 is 0 Å². The maximum absolute atomic E-state index is 10.1. The second-order valence-electron chi connectivity index (χ2n) is 7.71. The van der Waals surface area contributed by atoms with Crippen molar-refractivity contribution in [2.75, 3.05) is 11.1 Å². The zero-order chi connectivity index (χ0) is 19.3. The van der Waals surface area contributed by atoms with Crippen molar-refractivity contribution < 1.29 is 5.11 Å². The van der Waals surface area contributed by atoms with Gasteiger partial charge in [-0.3, -0.25) is 0 Å². The summed E-state index contributed by atoms with van der Waals surface area (Å²) >= 11 is 0. The van der Waals surface area contributed by atoms with E-state index in [9.17, 15) is 5.11 Å².